The lowest BCUT2D eigenvalue weighted by molar-refractivity contribution is -0.171. The van der Waals surface area contributed by atoms with Gasteiger partial charge in [0, 0.05) is 6.54 Å². The van der Waals surface area contributed by atoms with Crippen LogP contribution in [0.4, 0.5) is 0 Å². The second-order valence-corrected chi connectivity index (χ2v) is 3.23. The molecule has 1 aliphatic rings. The van der Waals surface area contributed by atoms with Crippen molar-refractivity contribution in [2.24, 2.45) is 0 Å². The molecule has 1 N–H and O–H groups in total. The lowest BCUT2D eigenvalue weighted by Gasteiger charge is -2.24. The fourth-order valence-corrected chi connectivity index (χ4v) is 1.57. The predicted octanol–water partition coefficient (Wildman–Crippen LogP) is 1.14. The van der Waals surface area contributed by atoms with Gasteiger partial charge < -0.3 is 14.8 Å². The predicted molar refractivity (Wildman–Crippen MR) is 48.1 cm³/mol. The maximum Gasteiger partial charge on any atom is 0.168 e. The van der Waals surface area contributed by atoms with Gasteiger partial charge in [0.05, 0.1) is 12.7 Å². The smallest absolute Gasteiger partial charge is 0.168 e. The fourth-order valence-electron chi connectivity index (χ4n) is 1.57. The number of ether oxygens (including phenoxy) is 2. The maximum absolute atomic E-state index is 5.80. The Bertz CT molecular complexity index is 134. The quantitative estimate of drug-likeness (QED) is 0.691. The lowest BCUT2D eigenvalue weighted by Crippen LogP contribution is -2.31. The molecule has 0 radical (unpaired) electrons. The Morgan fingerprint density at radius 1 is 1.42 bits per heavy atom. The van der Waals surface area contributed by atoms with E-state index in [0.29, 0.717) is 0 Å². The van der Waals surface area contributed by atoms with Crippen molar-refractivity contribution >= 4 is 0 Å². The van der Waals surface area contributed by atoms with E-state index in [2.05, 4.69) is 19.2 Å². The Morgan fingerprint density at radius 3 is 2.50 bits per heavy atom. The Hall–Kier alpha value is -0.120. The molecule has 1 rings (SSSR count). The zero-order chi connectivity index (χ0) is 9.03. The van der Waals surface area contributed by atoms with Crippen LogP contribution in [-0.2, 0) is 9.47 Å². The summed E-state index contributed by atoms with van der Waals surface area (Å²) in [6.45, 7) is 5.81. The van der Waals surface area contributed by atoms with Crippen LogP contribution in [0.3, 0.4) is 0 Å². The van der Waals surface area contributed by atoms with E-state index in [4.69, 9.17) is 9.47 Å². The second-order valence-electron chi connectivity index (χ2n) is 3.23. The highest BCUT2D eigenvalue weighted by Crippen LogP contribution is 2.29. The summed E-state index contributed by atoms with van der Waals surface area (Å²) in [6, 6.07) is 0. The molecule has 3 heteroatoms. The Morgan fingerprint density at radius 2 is 2.08 bits per heavy atom. The SMILES string of the molecule is CCC1(CC)OCC(CNC)O1. The maximum atomic E-state index is 5.80. The minimum atomic E-state index is -0.290. The topological polar surface area (TPSA) is 30.5 Å². The summed E-state index contributed by atoms with van der Waals surface area (Å²) in [4.78, 5) is 0. The van der Waals surface area contributed by atoms with E-state index in [0.717, 1.165) is 26.0 Å². The number of nitrogens with one attached hydrogen (secondary N) is 1. The highest BCUT2D eigenvalue weighted by molar-refractivity contribution is 4.77. The van der Waals surface area contributed by atoms with Crippen LogP contribution in [0.5, 0.6) is 0 Å². The van der Waals surface area contributed by atoms with E-state index < -0.39 is 0 Å². The molecule has 0 aromatic rings. The second kappa shape index (κ2) is 4.21. The summed E-state index contributed by atoms with van der Waals surface area (Å²) < 4.78 is 11.4. The van der Waals surface area contributed by atoms with Gasteiger partial charge in [-0.2, -0.15) is 0 Å². The van der Waals surface area contributed by atoms with Crippen LogP contribution in [0, 0.1) is 0 Å². The number of likely N-dealkylation sites (N-methyl/N-ethyl adjacent to an activating group) is 1. The molecule has 0 amide bonds. The van der Waals surface area contributed by atoms with Crippen molar-refractivity contribution in [3.8, 4) is 0 Å². The summed E-state index contributed by atoms with van der Waals surface area (Å²) in [5.41, 5.74) is 0. The molecule has 1 saturated heterocycles. The lowest BCUT2D eigenvalue weighted by atomic mass is 10.1. The summed E-state index contributed by atoms with van der Waals surface area (Å²) in [5.74, 6) is -0.290. The minimum Gasteiger partial charge on any atom is -0.347 e. The molecule has 12 heavy (non-hydrogen) atoms. The van der Waals surface area contributed by atoms with Crippen LogP contribution < -0.4 is 5.32 Å². The Labute approximate surface area is 74.4 Å². The van der Waals surface area contributed by atoms with Crippen LogP contribution in [-0.4, -0.2) is 32.1 Å². The molecule has 0 saturated carbocycles. The molecule has 3 nitrogen and oxygen atoms in total. The van der Waals surface area contributed by atoms with Crippen molar-refractivity contribution in [2.75, 3.05) is 20.2 Å². The molecule has 0 aromatic carbocycles. The molecule has 1 fully saturated rings. The van der Waals surface area contributed by atoms with Gasteiger partial charge in [-0.15, -0.1) is 0 Å². The number of rotatable bonds is 4. The van der Waals surface area contributed by atoms with Crippen LogP contribution in [0.2, 0.25) is 0 Å². The van der Waals surface area contributed by atoms with Crippen LogP contribution >= 0.6 is 0 Å². The first kappa shape index (κ1) is 9.96. The Balaban J connectivity index is 2.41. The van der Waals surface area contributed by atoms with E-state index in [1.54, 1.807) is 0 Å². The monoisotopic (exact) mass is 173 g/mol. The highest BCUT2D eigenvalue weighted by Gasteiger charge is 2.37. The minimum absolute atomic E-state index is 0.231. The third kappa shape index (κ3) is 1.97. The number of hydrogen-bond acceptors (Lipinski definition) is 3. The molecular weight excluding hydrogens is 154 g/mol. The van der Waals surface area contributed by atoms with Crippen LogP contribution in [0.25, 0.3) is 0 Å². The first-order valence-electron chi connectivity index (χ1n) is 4.72. The first-order valence-corrected chi connectivity index (χ1v) is 4.72. The third-order valence-electron chi connectivity index (χ3n) is 2.42. The van der Waals surface area contributed by atoms with Crippen LogP contribution in [0.1, 0.15) is 26.7 Å². The number of hydrogen-bond donors (Lipinski definition) is 1. The summed E-state index contributed by atoms with van der Waals surface area (Å²) in [5, 5.41) is 3.09. The summed E-state index contributed by atoms with van der Waals surface area (Å²) >= 11 is 0. The first-order chi connectivity index (χ1) is 5.76. The van der Waals surface area contributed by atoms with Crippen molar-refractivity contribution in [1.82, 2.24) is 5.32 Å². The van der Waals surface area contributed by atoms with Gasteiger partial charge in [-0.3, -0.25) is 0 Å². The van der Waals surface area contributed by atoms with Crippen molar-refractivity contribution in [1.29, 1.82) is 0 Å². The average molecular weight is 173 g/mol. The van der Waals surface area contributed by atoms with E-state index in [-0.39, 0.29) is 11.9 Å². The van der Waals surface area contributed by atoms with E-state index >= 15 is 0 Å². The molecule has 0 aromatic heterocycles. The zero-order valence-corrected chi connectivity index (χ0v) is 8.22. The molecule has 72 valence electrons. The van der Waals surface area contributed by atoms with Crippen molar-refractivity contribution in [2.45, 2.75) is 38.6 Å². The molecule has 1 heterocycles. The molecular formula is C9H19NO2. The van der Waals surface area contributed by atoms with Gasteiger partial charge in [0.2, 0.25) is 0 Å². The largest absolute Gasteiger partial charge is 0.347 e. The van der Waals surface area contributed by atoms with Crippen LogP contribution in [0.15, 0.2) is 0 Å². The van der Waals surface area contributed by atoms with Gasteiger partial charge in [0.15, 0.2) is 5.79 Å². The van der Waals surface area contributed by atoms with Gasteiger partial charge >= 0.3 is 0 Å². The summed E-state index contributed by atoms with van der Waals surface area (Å²) in [6.07, 6.45) is 2.10. The molecule has 0 aliphatic carbocycles. The van der Waals surface area contributed by atoms with Crippen molar-refractivity contribution < 1.29 is 9.47 Å². The van der Waals surface area contributed by atoms with Gasteiger partial charge in [0.1, 0.15) is 0 Å². The van der Waals surface area contributed by atoms with Gasteiger partial charge in [0.25, 0.3) is 0 Å². The fraction of sp³-hybridized carbons (Fsp3) is 1.00. The van der Waals surface area contributed by atoms with E-state index in [1.807, 2.05) is 7.05 Å². The van der Waals surface area contributed by atoms with E-state index in [1.165, 1.54) is 0 Å². The molecule has 1 atom stereocenters. The van der Waals surface area contributed by atoms with Crippen molar-refractivity contribution in [3.63, 3.8) is 0 Å². The summed E-state index contributed by atoms with van der Waals surface area (Å²) in [7, 11) is 1.93. The zero-order valence-electron chi connectivity index (χ0n) is 8.22. The van der Waals surface area contributed by atoms with Gasteiger partial charge in [-0.05, 0) is 19.9 Å². The molecule has 1 unspecified atom stereocenters. The van der Waals surface area contributed by atoms with Gasteiger partial charge in [-0.1, -0.05) is 13.8 Å². The molecule has 0 bridgehead atoms. The third-order valence-corrected chi connectivity index (χ3v) is 2.42. The Kier molecular flexibility index (Phi) is 3.50. The van der Waals surface area contributed by atoms with Gasteiger partial charge in [-0.25, -0.2) is 0 Å². The van der Waals surface area contributed by atoms with Crippen molar-refractivity contribution in [3.05, 3.63) is 0 Å². The molecule has 1 aliphatic heterocycles. The van der Waals surface area contributed by atoms with E-state index in [9.17, 15) is 0 Å². The highest BCUT2D eigenvalue weighted by atomic mass is 16.7. The normalized spacial score (nSPS) is 27.8. The standard InChI is InChI=1S/C9H19NO2/c1-4-9(5-2)11-7-8(12-9)6-10-3/h8,10H,4-7H2,1-3H3. The average Bonchev–Trinajstić information content (AvgIpc) is 2.50. The molecule has 0 spiro atoms.